The summed E-state index contributed by atoms with van der Waals surface area (Å²) >= 11 is 0. The zero-order valence-corrected chi connectivity index (χ0v) is 13.3. The number of fused-ring (bicyclic) bond motifs is 1. The standard InChI is InChI=1S/C18H16N6O/c19-17-14(18(25)22-13-4-6-20-7-5-13)9-12(10-21-17)15-11-24-8-2-1-3-16(24)23-15/h1-7,9-11,23H,8H2,(H2,19,21)(H,20,22,25). The average Bonchev–Trinajstić information content (AvgIpc) is 3.07. The van der Waals surface area contributed by atoms with Crippen molar-refractivity contribution < 1.29 is 4.79 Å². The van der Waals surface area contributed by atoms with E-state index in [4.69, 9.17) is 5.73 Å². The van der Waals surface area contributed by atoms with E-state index >= 15 is 0 Å². The number of carbonyl (C=O) groups excluding carboxylic acids is 1. The van der Waals surface area contributed by atoms with E-state index in [9.17, 15) is 4.79 Å². The van der Waals surface area contributed by atoms with Crippen LogP contribution in [0.4, 0.5) is 11.5 Å². The molecule has 0 spiro atoms. The summed E-state index contributed by atoms with van der Waals surface area (Å²) in [6, 6.07) is 5.16. The molecule has 0 atom stereocenters. The number of nitrogens with zero attached hydrogens (tertiary/aromatic N) is 3. The summed E-state index contributed by atoms with van der Waals surface area (Å²) in [6.07, 6.45) is 12.9. The predicted octanol–water partition coefficient (Wildman–Crippen LogP) is 1.93. The monoisotopic (exact) mass is 332 g/mol. The summed E-state index contributed by atoms with van der Waals surface area (Å²) < 4.78 is 0. The van der Waals surface area contributed by atoms with Crippen LogP contribution in [0.15, 0.2) is 67.0 Å². The SMILES string of the molecule is Nc1ncc(C2=CN3CC=CC=C3N2)cc1C(=O)Nc1ccncc1. The summed E-state index contributed by atoms with van der Waals surface area (Å²) in [5.74, 6) is 0.875. The number of nitrogen functional groups attached to an aromatic ring is 1. The lowest BCUT2D eigenvalue weighted by Gasteiger charge is -2.17. The largest absolute Gasteiger partial charge is 0.383 e. The molecule has 0 fully saturated rings. The summed E-state index contributed by atoms with van der Waals surface area (Å²) in [5, 5.41) is 6.12. The lowest BCUT2D eigenvalue weighted by molar-refractivity contribution is 0.102. The van der Waals surface area contributed by atoms with Crippen LogP contribution < -0.4 is 16.4 Å². The van der Waals surface area contributed by atoms with Crippen molar-refractivity contribution in [1.29, 1.82) is 0 Å². The van der Waals surface area contributed by atoms with Crippen LogP contribution in [0.3, 0.4) is 0 Å². The number of hydrogen-bond acceptors (Lipinski definition) is 6. The third kappa shape index (κ3) is 2.94. The molecule has 2 aromatic rings. The summed E-state index contributed by atoms with van der Waals surface area (Å²) in [6.45, 7) is 0.806. The molecule has 7 nitrogen and oxygen atoms in total. The molecular weight excluding hydrogens is 316 g/mol. The highest BCUT2D eigenvalue weighted by molar-refractivity contribution is 6.07. The van der Waals surface area contributed by atoms with Crippen LogP contribution in [0.25, 0.3) is 5.70 Å². The van der Waals surface area contributed by atoms with Crippen molar-refractivity contribution in [2.24, 2.45) is 0 Å². The van der Waals surface area contributed by atoms with Crippen LogP contribution in [-0.4, -0.2) is 27.3 Å². The first-order valence-electron chi connectivity index (χ1n) is 7.80. The fourth-order valence-electron chi connectivity index (χ4n) is 2.67. The minimum Gasteiger partial charge on any atom is -0.383 e. The Hall–Kier alpha value is -3.61. The zero-order valence-electron chi connectivity index (χ0n) is 13.3. The molecule has 4 rings (SSSR count). The molecule has 7 heteroatoms. The highest BCUT2D eigenvalue weighted by atomic mass is 16.1. The van der Waals surface area contributed by atoms with E-state index in [1.54, 1.807) is 36.8 Å². The molecule has 0 saturated carbocycles. The van der Waals surface area contributed by atoms with Crippen LogP contribution in [-0.2, 0) is 0 Å². The van der Waals surface area contributed by atoms with Crippen molar-refractivity contribution >= 4 is 23.1 Å². The number of hydrogen-bond donors (Lipinski definition) is 3. The van der Waals surface area contributed by atoms with E-state index in [1.807, 2.05) is 18.4 Å². The Morgan fingerprint density at radius 2 is 2.16 bits per heavy atom. The molecular formula is C18H16N6O. The number of amides is 1. The topological polar surface area (TPSA) is 96.2 Å². The van der Waals surface area contributed by atoms with Gasteiger partial charge in [0.15, 0.2) is 0 Å². The third-order valence-corrected chi connectivity index (χ3v) is 3.96. The highest BCUT2D eigenvalue weighted by Crippen LogP contribution is 2.25. The number of aromatic nitrogens is 2. The van der Waals surface area contributed by atoms with Gasteiger partial charge in [0.1, 0.15) is 11.6 Å². The number of anilines is 2. The van der Waals surface area contributed by atoms with Gasteiger partial charge < -0.3 is 21.3 Å². The second-order valence-electron chi connectivity index (χ2n) is 5.65. The number of nitrogens with one attached hydrogen (secondary N) is 2. The van der Waals surface area contributed by atoms with Gasteiger partial charge in [-0.05, 0) is 24.3 Å². The Balaban J connectivity index is 1.60. The first-order valence-corrected chi connectivity index (χ1v) is 7.80. The molecule has 0 radical (unpaired) electrons. The van der Waals surface area contributed by atoms with Gasteiger partial charge in [-0.3, -0.25) is 9.78 Å². The van der Waals surface area contributed by atoms with Gasteiger partial charge in [0.2, 0.25) is 0 Å². The summed E-state index contributed by atoms with van der Waals surface area (Å²) in [5.41, 5.74) is 8.55. The van der Waals surface area contributed by atoms with Gasteiger partial charge in [-0.15, -0.1) is 0 Å². The van der Waals surface area contributed by atoms with Crippen LogP contribution in [0.2, 0.25) is 0 Å². The minimum atomic E-state index is -0.310. The Bertz CT molecular complexity index is 916. The molecule has 1 amide bonds. The summed E-state index contributed by atoms with van der Waals surface area (Å²) in [7, 11) is 0. The molecule has 2 aliphatic rings. The van der Waals surface area contributed by atoms with E-state index < -0.39 is 0 Å². The lowest BCUT2D eigenvalue weighted by atomic mass is 10.1. The van der Waals surface area contributed by atoms with Crippen molar-refractivity contribution in [1.82, 2.24) is 20.2 Å². The molecule has 25 heavy (non-hydrogen) atoms. The second-order valence-corrected chi connectivity index (χ2v) is 5.65. The Morgan fingerprint density at radius 3 is 2.96 bits per heavy atom. The molecule has 0 aromatic carbocycles. The number of pyridine rings is 2. The number of allylic oxidation sites excluding steroid dienone is 2. The Labute approximate surface area is 144 Å². The normalized spacial score (nSPS) is 15.1. The van der Waals surface area contributed by atoms with Crippen molar-refractivity contribution in [3.63, 3.8) is 0 Å². The maximum absolute atomic E-state index is 12.5. The van der Waals surface area contributed by atoms with Crippen molar-refractivity contribution in [2.45, 2.75) is 0 Å². The van der Waals surface area contributed by atoms with E-state index in [1.165, 1.54) is 0 Å². The van der Waals surface area contributed by atoms with E-state index in [-0.39, 0.29) is 11.7 Å². The van der Waals surface area contributed by atoms with Gasteiger partial charge >= 0.3 is 0 Å². The Morgan fingerprint density at radius 1 is 1.32 bits per heavy atom. The molecule has 124 valence electrons. The van der Waals surface area contributed by atoms with Gasteiger partial charge in [0, 0.05) is 42.6 Å². The van der Waals surface area contributed by atoms with Crippen molar-refractivity contribution in [3.05, 3.63) is 78.2 Å². The van der Waals surface area contributed by atoms with Gasteiger partial charge in [-0.25, -0.2) is 4.98 Å². The van der Waals surface area contributed by atoms with Gasteiger partial charge in [-0.2, -0.15) is 0 Å². The van der Waals surface area contributed by atoms with Crippen molar-refractivity contribution in [3.8, 4) is 0 Å². The Kier molecular flexibility index (Phi) is 3.66. The van der Waals surface area contributed by atoms with E-state index in [2.05, 4.69) is 31.6 Å². The van der Waals surface area contributed by atoms with Crippen LogP contribution in [0, 0.1) is 0 Å². The number of nitrogens with two attached hydrogens (primary N) is 1. The number of carbonyl (C=O) groups is 1. The van der Waals surface area contributed by atoms with Gasteiger partial charge in [0.05, 0.1) is 11.3 Å². The van der Waals surface area contributed by atoms with E-state index in [0.717, 1.165) is 23.6 Å². The molecule has 2 aliphatic heterocycles. The van der Waals surface area contributed by atoms with Gasteiger partial charge in [0.25, 0.3) is 5.91 Å². The fraction of sp³-hybridized carbons (Fsp3) is 0.0556. The van der Waals surface area contributed by atoms with Crippen molar-refractivity contribution in [2.75, 3.05) is 17.6 Å². The van der Waals surface area contributed by atoms with Crippen LogP contribution in [0.5, 0.6) is 0 Å². The first kappa shape index (κ1) is 14.9. The molecule has 0 bridgehead atoms. The van der Waals surface area contributed by atoms with E-state index in [0.29, 0.717) is 11.3 Å². The number of rotatable bonds is 3. The molecule has 4 N–H and O–H groups in total. The maximum atomic E-state index is 12.5. The minimum absolute atomic E-state index is 0.188. The molecule has 0 aliphatic carbocycles. The van der Waals surface area contributed by atoms with Gasteiger partial charge in [-0.1, -0.05) is 12.2 Å². The molecule has 0 saturated heterocycles. The zero-order chi connectivity index (χ0) is 17.2. The predicted molar refractivity (Wildman–Crippen MR) is 95.9 cm³/mol. The average molecular weight is 332 g/mol. The third-order valence-electron chi connectivity index (χ3n) is 3.96. The quantitative estimate of drug-likeness (QED) is 0.795. The first-order chi connectivity index (χ1) is 12.2. The maximum Gasteiger partial charge on any atom is 0.259 e. The smallest absolute Gasteiger partial charge is 0.259 e. The molecule has 0 unspecified atom stereocenters. The fourth-order valence-corrected chi connectivity index (χ4v) is 2.67. The van der Waals surface area contributed by atoms with Crippen LogP contribution >= 0.6 is 0 Å². The second kappa shape index (κ2) is 6.12. The highest BCUT2D eigenvalue weighted by Gasteiger charge is 2.21. The molecule has 2 aromatic heterocycles. The lowest BCUT2D eigenvalue weighted by Crippen LogP contribution is -2.21. The van der Waals surface area contributed by atoms with Crippen LogP contribution in [0.1, 0.15) is 15.9 Å². The molecule has 4 heterocycles. The summed E-state index contributed by atoms with van der Waals surface area (Å²) in [4.78, 5) is 22.7.